The van der Waals surface area contributed by atoms with Crippen LogP contribution in [0.3, 0.4) is 0 Å². The highest BCUT2D eigenvalue weighted by Gasteiger charge is 2.25. The van der Waals surface area contributed by atoms with Gasteiger partial charge in [0.2, 0.25) is 0 Å². The monoisotopic (exact) mass is 406 g/mol. The summed E-state index contributed by atoms with van der Waals surface area (Å²) in [7, 11) is 0. The van der Waals surface area contributed by atoms with E-state index in [2.05, 4.69) is 16.9 Å². The molecule has 0 bridgehead atoms. The van der Waals surface area contributed by atoms with Crippen molar-refractivity contribution in [3.8, 4) is 0 Å². The average Bonchev–Trinajstić information content (AvgIpc) is 3.00. The summed E-state index contributed by atoms with van der Waals surface area (Å²) < 4.78 is 5.64. The van der Waals surface area contributed by atoms with Crippen LogP contribution in [0.5, 0.6) is 0 Å². The predicted octanol–water partition coefficient (Wildman–Crippen LogP) is 4.47. The Morgan fingerprint density at radius 3 is 2.85 bits per heavy atom. The van der Waals surface area contributed by atoms with Gasteiger partial charge in [0.25, 0.3) is 5.56 Å². The van der Waals surface area contributed by atoms with Gasteiger partial charge in [-0.2, -0.15) is 0 Å². The number of nitrogens with zero attached hydrogens (tertiary/aromatic N) is 1. The van der Waals surface area contributed by atoms with Crippen molar-refractivity contribution >= 4 is 39.3 Å². The van der Waals surface area contributed by atoms with Crippen molar-refractivity contribution in [3.63, 3.8) is 0 Å². The smallest absolute Gasteiger partial charge is 0.319 e. The lowest BCUT2D eigenvalue weighted by Gasteiger charge is -2.23. The number of aromatic nitrogens is 2. The lowest BCUT2D eigenvalue weighted by atomic mass is 9.89. The van der Waals surface area contributed by atoms with E-state index in [9.17, 15) is 9.59 Å². The number of aromatic amines is 1. The number of esters is 1. The molecule has 2 aliphatic carbocycles. The lowest BCUT2D eigenvalue weighted by Crippen LogP contribution is -2.26. The minimum absolute atomic E-state index is 0.0507. The summed E-state index contributed by atoms with van der Waals surface area (Å²) in [5.74, 6) is 0.446. The molecule has 1 fully saturated rings. The third-order valence-electron chi connectivity index (χ3n) is 5.60. The summed E-state index contributed by atoms with van der Waals surface area (Å²) in [6.45, 7) is 4.08. The number of carbonyl (C=O) groups is 1. The number of nitrogens with one attached hydrogen (secondary N) is 1. The number of aryl methyl sites for hydroxylation is 1. The van der Waals surface area contributed by atoms with Crippen LogP contribution in [0.25, 0.3) is 10.2 Å². The van der Waals surface area contributed by atoms with Crippen molar-refractivity contribution in [1.82, 2.24) is 9.97 Å². The van der Waals surface area contributed by atoms with Crippen LogP contribution < -0.4 is 5.56 Å². The Morgan fingerprint density at radius 2 is 2.07 bits per heavy atom. The van der Waals surface area contributed by atoms with Crippen LogP contribution in [0.1, 0.15) is 62.8 Å². The zero-order chi connectivity index (χ0) is 19.0. The minimum Gasteiger partial charge on any atom is -0.462 e. The predicted molar refractivity (Wildman–Crippen MR) is 110 cm³/mol. The molecule has 7 heteroatoms. The van der Waals surface area contributed by atoms with Gasteiger partial charge in [-0.3, -0.25) is 9.59 Å². The second-order valence-corrected chi connectivity index (χ2v) is 10.3. The third kappa shape index (κ3) is 4.09. The van der Waals surface area contributed by atoms with Gasteiger partial charge >= 0.3 is 5.97 Å². The van der Waals surface area contributed by atoms with Crippen molar-refractivity contribution in [2.45, 2.75) is 81.7 Å². The van der Waals surface area contributed by atoms with Crippen molar-refractivity contribution < 1.29 is 9.53 Å². The first-order valence-corrected chi connectivity index (χ1v) is 11.6. The van der Waals surface area contributed by atoms with Crippen LogP contribution in [0, 0.1) is 5.92 Å². The van der Waals surface area contributed by atoms with Gasteiger partial charge in [0.05, 0.1) is 5.39 Å². The highest BCUT2D eigenvalue weighted by atomic mass is 32.2. The van der Waals surface area contributed by atoms with Crippen LogP contribution in [0.4, 0.5) is 0 Å². The standard InChI is InChI=1S/C20H26N2O3S2/c1-11-8-9-14-15(10-11)27-18-16(14)17(23)21-20(22-18)26-12(2)19(24)25-13-6-4-3-5-7-13/h11-13H,3-10H2,1-2H3,(H,21,22,23)/t11-,12+/m1/s1. The van der Waals surface area contributed by atoms with E-state index in [0.717, 1.165) is 55.2 Å². The summed E-state index contributed by atoms with van der Waals surface area (Å²) in [6, 6.07) is 0. The van der Waals surface area contributed by atoms with Crippen LogP contribution in [-0.4, -0.2) is 27.3 Å². The van der Waals surface area contributed by atoms with E-state index in [-0.39, 0.29) is 22.9 Å². The molecule has 27 heavy (non-hydrogen) atoms. The molecule has 0 aliphatic heterocycles. The topological polar surface area (TPSA) is 72.0 Å². The second kappa shape index (κ2) is 7.95. The maximum atomic E-state index is 12.7. The van der Waals surface area contributed by atoms with E-state index in [0.29, 0.717) is 11.1 Å². The molecule has 2 aromatic rings. The first-order chi connectivity index (χ1) is 13.0. The molecule has 2 aliphatic rings. The normalized spacial score (nSPS) is 21.8. The molecular weight excluding hydrogens is 380 g/mol. The van der Waals surface area contributed by atoms with Crippen LogP contribution in [0.2, 0.25) is 0 Å². The SMILES string of the molecule is C[C@@H]1CCc2c(sc3nc(S[C@@H](C)C(=O)OC4CCCCC4)[nH]c(=O)c23)C1. The van der Waals surface area contributed by atoms with E-state index in [1.807, 2.05) is 6.92 Å². The molecule has 146 valence electrons. The first-order valence-electron chi connectivity index (χ1n) is 9.93. The van der Waals surface area contributed by atoms with Crippen molar-refractivity contribution in [2.24, 2.45) is 5.92 Å². The van der Waals surface area contributed by atoms with E-state index in [4.69, 9.17) is 4.74 Å². The average molecular weight is 407 g/mol. The molecule has 0 amide bonds. The van der Waals surface area contributed by atoms with Crippen LogP contribution in [0.15, 0.2) is 9.95 Å². The largest absolute Gasteiger partial charge is 0.462 e. The number of thioether (sulfide) groups is 1. The van der Waals surface area contributed by atoms with E-state index in [1.54, 1.807) is 11.3 Å². The van der Waals surface area contributed by atoms with Crippen molar-refractivity contribution in [2.75, 3.05) is 0 Å². The summed E-state index contributed by atoms with van der Waals surface area (Å²) in [5, 5.41) is 0.873. The molecule has 4 rings (SSSR count). The van der Waals surface area contributed by atoms with Gasteiger partial charge in [-0.1, -0.05) is 25.1 Å². The Bertz CT molecular complexity index is 898. The number of H-pyrrole nitrogens is 1. The second-order valence-electron chi connectivity index (χ2n) is 7.86. The van der Waals surface area contributed by atoms with E-state index >= 15 is 0 Å². The summed E-state index contributed by atoms with van der Waals surface area (Å²) in [5.41, 5.74) is 1.10. The molecule has 2 heterocycles. The maximum absolute atomic E-state index is 12.7. The molecule has 0 spiro atoms. The third-order valence-corrected chi connectivity index (χ3v) is 7.71. The number of ether oxygens (including phenoxy) is 1. The number of rotatable bonds is 4. The van der Waals surface area contributed by atoms with Crippen molar-refractivity contribution in [1.29, 1.82) is 0 Å². The molecule has 0 radical (unpaired) electrons. The Balaban J connectivity index is 1.50. The lowest BCUT2D eigenvalue weighted by molar-refractivity contribution is -0.149. The molecule has 0 aromatic carbocycles. The fourth-order valence-corrected chi connectivity index (χ4v) is 6.27. The Kier molecular flexibility index (Phi) is 5.60. The number of fused-ring (bicyclic) bond motifs is 3. The number of thiophene rings is 1. The highest BCUT2D eigenvalue weighted by Crippen LogP contribution is 2.36. The van der Waals surface area contributed by atoms with E-state index in [1.165, 1.54) is 28.6 Å². The molecule has 0 saturated heterocycles. The zero-order valence-electron chi connectivity index (χ0n) is 15.9. The molecule has 1 saturated carbocycles. The van der Waals surface area contributed by atoms with Gasteiger partial charge in [-0.15, -0.1) is 11.3 Å². The molecule has 5 nitrogen and oxygen atoms in total. The van der Waals surface area contributed by atoms with Crippen molar-refractivity contribution in [3.05, 3.63) is 20.8 Å². The number of hydrogen-bond acceptors (Lipinski definition) is 6. The van der Waals surface area contributed by atoms with Gasteiger partial charge in [0.1, 0.15) is 16.2 Å². The minimum atomic E-state index is -0.387. The molecule has 2 atom stereocenters. The molecular formula is C20H26N2O3S2. The highest BCUT2D eigenvalue weighted by molar-refractivity contribution is 8.00. The summed E-state index contributed by atoms with van der Waals surface area (Å²) in [4.78, 5) is 34.7. The molecule has 1 N–H and O–H groups in total. The Hall–Kier alpha value is -1.34. The summed E-state index contributed by atoms with van der Waals surface area (Å²) >= 11 is 2.92. The fraction of sp³-hybridized carbons (Fsp3) is 0.650. The zero-order valence-corrected chi connectivity index (χ0v) is 17.5. The molecule has 0 unspecified atom stereocenters. The van der Waals surface area contributed by atoms with Gasteiger partial charge in [0.15, 0.2) is 5.16 Å². The van der Waals surface area contributed by atoms with Gasteiger partial charge in [-0.25, -0.2) is 4.98 Å². The quantitative estimate of drug-likeness (QED) is 0.461. The number of hydrogen-bond donors (Lipinski definition) is 1. The molecule has 2 aromatic heterocycles. The van der Waals surface area contributed by atoms with Gasteiger partial charge in [0, 0.05) is 4.88 Å². The van der Waals surface area contributed by atoms with Crippen LogP contribution in [-0.2, 0) is 22.4 Å². The Morgan fingerprint density at radius 1 is 1.30 bits per heavy atom. The fourth-order valence-electron chi connectivity index (χ4n) is 4.04. The van der Waals surface area contributed by atoms with Gasteiger partial charge < -0.3 is 9.72 Å². The van der Waals surface area contributed by atoms with Gasteiger partial charge in [-0.05, 0) is 63.4 Å². The van der Waals surface area contributed by atoms with E-state index < -0.39 is 0 Å². The summed E-state index contributed by atoms with van der Waals surface area (Å²) in [6.07, 6.45) is 8.58. The first kappa shape index (κ1) is 19.0. The number of carbonyl (C=O) groups excluding carboxylic acids is 1. The van der Waals surface area contributed by atoms with Crippen LogP contribution >= 0.6 is 23.1 Å². The maximum Gasteiger partial charge on any atom is 0.319 e. The Labute approximate surface area is 167 Å².